The number of ether oxygens (including phenoxy) is 2. The molecule has 0 atom stereocenters. The highest BCUT2D eigenvalue weighted by molar-refractivity contribution is 5.75. The molecular formula is C25H54BO2. The summed E-state index contributed by atoms with van der Waals surface area (Å²) in [4.78, 5) is 0. The van der Waals surface area contributed by atoms with Gasteiger partial charge < -0.3 is 9.47 Å². The Labute approximate surface area is 183 Å². The molecule has 2 aromatic rings. The van der Waals surface area contributed by atoms with Gasteiger partial charge in [-0.3, -0.25) is 0 Å². The average molecular weight is 398 g/mol. The maximum Gasteiger partial charge on any atom is 0.0351 e. The van der Waals surface area contributed by atoms with Crippen LogP contribution in [0.4, 0.5) is 0 Å². The van der Waals surface area contributed by atoms with E-state index in [9.17, 15) is 0 Å². The summed E-state index contributed by atoms with van der Waals surface area (Å²) in [5.74, 6) is 0. The summed E-state index contributed by atoms with van der Waals surface area (Å²) in [5.41, 5.74) is 0. The largest absolute Gasteiger partial charge is 0.388 e. The summed E-state index contributed by atoms with van der Waals surface area (Å²) in [5, 5.41) is 0. The van der Waals surface area contributed by atoms with Crippen molar-refractivity contribution in [1.82, 2.24) is 0 Å². The molecule has 2 nitrogen and oxygen atoms in total. The molecule has 2 aromatic carbocycles. The second-order valence-electron chi connectivity index (χ2n) is 3.13. The fourth-order valence-corrected chi connectivity index (χ4v) is 0.770. The van der Waals surface area contributed by atoms with Gasteiger partial charge in [0.05, 0.1) is 0 Å². The average Bonchev–Trinajstić information content (AvgIpc) is 2.71. The number of hydrogen-bond acceptors (Lipinski definition) is 2. The molecule has 0 aromatic heterocycles. The highest BCUT2D eigenvalue weighted by Crippen LogP contribution is 1.80. The van der Waals surface area contributed by atoms with Crippen LogP contribution in [-0.2, 0) is 9.47 Å². The molecule has 0 amide bonds. The lowest BCUT2D eigenvalue weighted by Crippen LogP contribution is -1.55. The van der Waals surface area contributed by atoms with Gasteiger partial charge in [-0.2, -0.15) is 0 Å². The molecule has 3 heteroatoms. The molecule has 0 aliphatic heterocycles. The summed E-state index contributed by atoms with van der Waals surface area (Å²) < 4.78 is 8.50. The fraction of sp³-hybridized carbons (Fsp3) is 0.520. The van der Waals surface area contributed by atoms with E-state index in [2.05, 4.69) is 9.47 Å². The molecule has 0 saturated heterocycles. The minimum absolute atomic E-state index is 0. The summed E-state index contributed by atoms with van der Waals surface area (Å²) >= 11 is 0. The molecule has 28 heavy (non-hydrogen) atoms. The Morgan fingerprint density at radius 2 is 0.357 bits per heavy atom. The van der Waals surface area contributed by atoms with Gasteiger partial charge in [0.2, 0.25) is 0 Å². The molecule has 0 aliphatic rings. The Morgan fingerprint density at radius 3 is 0.393 bits per heavy atom. The zero-order valence-electron chi connectivity index (χ0n) is 18.3. The Balaban J connectivity index is -0.0000000223. The quantitative estimate of drug-likeness (QED) is 0.415. The third kappa shape index (κ3) is 123. The molecule has 0 heterocycles. The third-order valence-corrected chi connectivity index (χ3v) is 1.33. The van der Waals surface area contributed by atoms with Crippen LogP contribution in [0.3, 0.4) is 0 Å². The standard InChI is InChI=1S/2C6H6.2C2H6O.3C2H6.3CH4.B/c2*1-2-4-6-5-3-1;2*1-3-2;3*1-2;;;;/h2*1-6H;2*1-2H3;3*1-2H3;3*1H4;. The zero-order chi connectivity index (χ0) is 19.9. The molecule has 0 fully saturated rings. The van der Waals surface area contributed by atoms with Crippen molar-refractivity contribution in [2.24, 2.45) is 0 Å². The summed E-state index contributed by atoms with van der Waals surface area (Å²) in [7, 11) is 6.50. The van der Waals surface area contributed by atoms with Gasteiger partial charge in [-0.1, -0.05) is 137 Å². The molecule has 0 spiro atoms. The molecule has 0 N–H and O–H groups in total. The predicted octanol–water partition coefficient (Wildman–Crippen LogP) is 8.50. The van der Waals surface area contributed by atoms with Crippen LogP contribution in [0.15, 0.2) is 72.8 Å². The maximum absolute atomic E-state index is 4.25. The van der Waals surface area contributed by atoms with Crippen molar-refractivity contribution in [3.63, 3.8) is 0 Å². The third-order valence-electron chi connectivity index (χ3n) is 1.33. The molecule has 0 aliphatic carbocycles. The fourth-order valence-electron chi connectivity index (χ4n) is 0.770. The number of benzene rings is 2. The second-order valence-corrected chi connectivity index (χ2v) is 3.13. The van der Waals surface area contributed by atoms with Crippen LogP contribution in [-0.4, -0.2) is 36.9 Å². The molecule has 0 bridgehead atoms. The van der Waals surface area contributed by atoms with Crippen molar-refractivity contribution in [1.29, 1.82) is 0 Å². The van der Waals surface area contributed by atoms with E-state index >= 15 is 0 Å². The molecular weight excluding hydrogens is 343 g/mol. The van der Waals surface area contributed by atoms with Crippen molar-refractivity contribution in [2.75, 3.05) is 28.4 Å². The first-order valence-corrected chi connectivity index (χ1v) is 8.63. The first kappa shape index (κ1) is 56.3. The van der Waals surface area contributed by atoms with Gasteiger partial charge in [-0.25, -0.2) is 0 Å². The van der Waals surface area contributed by atoms with Crippen LogP contribution in [0.25, 0.3) is 0 Å². The van der Waals surface area contributed by atoms with Gasteiger partial charge in [0.15, 0.2) is 0 Å². The summed E-state index contributed by atoms with van der Waals surface area (Å²) in [6.07, 6.45) is 0. The van der Waals surface area contributed by atoms with E-state index in [1.807, 2.05) is 114 Å². The number of methoxy groups -OCH3 is 2. The van der Waals surface area contributed by atoms with E-state index in [0.717, 1.165) is 0 Å². The van der Waals surface area contributed by atoms with E-state index in [1.165, 1.54) is 0 Å². The monoisotopic (exact) mass is 397 g/mol. The van der Waals surface area contributed by atoms with Crippen LogP contribution in [0.5, 0.6) is 0 Å². The van der Waals surface area contributed by atoms with Crippen LogP contribution in [0, 0.1) is 0 Å². The first-order valence-electron chi connectivity index (χ1n) is 8.63. The van der Waals surface area contributed by atoms with E-state index in [-0.39, 0.29) is 30.7 Å². The number of hydrogen-bond donors (Lipinski definition) is 0. The number of rotatable bonds is 0. The summed E-state index contributed by atoms with van der Waals surface area (Å²) in [6, 6.07) is 24.0. The molecule has 169 valence electrons. The van der Waals surface area contributed by atoms with Gasteiger partial charge >= 0.3 is 0 Å². The Morgan fingerprint density at radius 1 is 0.321 bits per heavy atom. The molecule has 0 saturated carbocycles. The highest BCUT2D eigenvalue weighted by atomic mass is 16.5. The van der Waals surface area contributed by atoms with Crippen LogP contribution < -0.4 is 0 Å². The topological polar surface area (TPSA) is 18.5 Å². The lowest BCUT2D eigenvalue weighted by atomic mass is 10.4. The molecule has 2 rings (SSSR count). The Bertz CT molecular complexity index is 216. The van der Waals surface area contributed by atoms with Crippen molar-refractivity contribution in [2.45, 2.75) is 63.8 Å². The maximum atomic E-state index is 4.25. The lowest BCUT2D eigenvalue weighted by molar-refractivity contribution is 0.277. The smallest absolute Gasteiger partial charge is 0.0351 e. The van der Waals surface area contributed by atoms with Crippen LogP contribution in [0.1, 0.15) is 63.8 Å². The Kier molecular flexibility index (Phi) is 197. The SMILES string of the molecule is C.C.C.CC.CC.CC.COC.COC.[B].c1ccccc1.c1ccccc1. The van der Waals surface area contributed by atoms with E-state index < -0.39 is 0 Å². The molecule has 3 radical (unpaired) electrons. The highest BCUT2D eigenvalue weighted by Gasteiger charge is 1.58. The zero-order valence-corrected chi connectivity index (χ0v) is 18.3. The second kappa shape index (κ2) is 98.3. The predicted molar refractivity (Wildman–Crippen MR) is 139 cm³/mol. The van der Waals surface area contributed by atoms with E-state index in [1.54, 1.807) is 28.4 Å². The van der Waals surface area contributed by atoms with Crippen molar-refractivity contribution in [3.05, 3.63) is 72.8 Å². The van der Waals surface area contributed by atoms with Crippen molar-refractivity contribution >= 4 is 8.41 Å². The summed E-state index contributed by atoms with van der Waals surface area (Å²) in [6.45, 7) is 12.0. The molecule has 0 unspecified atom stereocenters. The van der Waals surface area contributed by atoms with Crippen LogP contribution >= 0.6 is 0 Å². The van der Waals surface area contributed by atoms with E-state index in [4.69, 9.17) is 0 Å². The Hall–Kier alpha value is -1.58. The normalized spacial score (nSPS) is 5.36. The van der Waals surface area contributed by atoms with Crippen LogP contribution in [0.2, 0.25) is 0 Å². The first-order chi connectivity index (χ1) is 11.8. The van der Waals surface area contributed by atoms with Gasteiger partial charge in [0.1, 0.15) is 0 Å². The van der Waals surface area contributed by atoms with E-state index in [0.29, 0.717) is 0 Å². The van der Waals surface area contributed by atoms with Gasteiger partial charge in [-0.15, -0.1) is 0 Å². The minimum atomic E-state index is 0. The van der Waals surface area contributed by atoms with Gasteiger partial charge in [0.25, 0.3) is 0 Å². The van der Waals surface area contributed by atoms with Gasteiger partial charge in [0, 0.05) is 36.9 Å². The van der Waals surface area contributed by atoms with Crippen molar-refractivity contribution < 1.29 is 9.47 Å². The lowest BCUT2D eigenvalue weighted by Gasteiger charge is -1.69. The van der Waals surface area contributed by atoms with Crippen molar-refractivity contribution in [3.8, 4) is 0 Å². The van der Waals surface area contributed by atoms with Gasteiger partial charge in [-0.05, 0) is 0 Å². The minimum Gasteiger partial charge on any atom is -0.388 e.